The second kappa shape index (κ2) is 5.57. The number of piperidine rings is 1. The summed E-state index contributed by atoms with van der Waals surface area (Å²) in [6, 6.07) is 8.16. The Balaban J connectivity index is 2.27. The minimum Gasteiger partial charge on any atom is -0.296 e. The number of nitrogens with one attached hydrogen (secondary N) is 1. The quantitative estimate of drug-likeness (QED) is 0.673. The molecular formula is C14H17NO2S. The molecule has 1 aromatic carbocycles. The summed E-state index contributed by atoms with van der Waals surface area (Å²) in [5.41, 5.74) is 1.09. The lowest BCUT2D eigenvalue weighted by molar-refractivity contribution is -0.137. The highest BCUT2D eigenvalue weighted by Gasteiger charge is 2.35. The van der Waals surface area contributed by atoms with Crippen LogP contribution in [0.3, 0.4) is 0 Å². The number of hydrogen-bond acceptors (Lipinski definition) is 3. The van der Waals surface area contributed by atoms with Crippen LogP contribution in [-0.2, 0) is 9.59 Å². The Labute approximate surface area is 111 Å². The van der Waals surface area contributed by atoms with Crippen LogP contribution in [0, 0.1) is 5.92 Å². The van der Waals surface area contributed by atoms with Gasteiger partial charge >= 0.3 is 0 Å². The van der Waals surface area contributed by atoms with Gasteiger partial charge in [-0.15, -0.1) is 11.8 Å². The lowest BCUT2D eigenvalue weighted by atomic mass is 9.79. The molecule has 96 valence electrons. The van der Waals surface area contributed by atoms with Crippen LogP contribution in [0.15, 0.2) is 29.2 Å². The highest BCUT2D eigenvalue weighted by Crippen LogP contribution is 2.34. The van der Waals surface area contributed by atoms with Gasteiger partial charge in [0.25, 0.3) is 0 Å². The number of imide groups is 1. The van der Waals surface area contributed by atoms with E-state index in [0.717, 1.165) is 12.0 Å². The number of thioether (sulfide) groups is 1. The Morgan fingerprint density at radius 2 is 1.94 bits per heavy atom. The van der Waals surface area contributed by atoms with Gasteiger partial charge in [0.1, 0.15) is 0 Å². The van der Waals surface area contributed by atoms with Gasteiger partial charge in [-0.25, -0.2) is 0 Å². The van der Waals surface area contributed by atoms with Crippen LogP contribution in [-0.4, -0.2) is 18.1 Å². The first kappa shape index (κ1) is 13.1. The van der Waals surface area contributed by atoms with E-state index in [2.05, 4.69) is 5.32 Å². The van der Waals surface area contributed by atoms with Gasteiger partial charge in [0.05, 0.1) is 0 Å². The van der Waals surface area contributed by atoms with Gasteiger partial charge < -0.3 is 0 Å². The maximum atomic E-state index is 11.8. The number of benzene rings is 1. The van der Waals surface area contributed by atoms with E-state index in [1.807, 2.05) is 37.4 Å². The van der Waals surface area contributed by atoms with Crippen LogP contribution in [0.2, 0.25) is 0 Å². The summed E-state index contributed by atoms with van der Waals surface area (Å²) in [5.74, 6) is -0.369. The minimum atomic E-state index is -0.163. The summed E-state index contributed by atoms with van der Waals surface area (Å²) in [5, 5.41) is 2.42. The maximum Gasteiger partial charge on any atom is 0.230 e. The Hall–Kier alpha value is -1.29. The molecule has 1 aliphatic rings. The SMILES string of the molecule is CCC1C(=O)NC(=O)CC1c1ccc(SC)cc1. The van der Waals surface area contributed by atoms with E-state index in [9.17, 15) is 9.59 Å². The molecule has 0 spiro atoms. The van der Waals surface area contributed by atoms with E-state index in [1.54, 1.807) is 11.8 Å². The number of rotatable bonds is 3. The molecule has 0 radical (unpaired) electrons. The second-order valence-corrected chi connectivity index (χ2v) is 5.39. The Morgan fingerprint density at radius 3 is 2.50 bits per heavy atom. The highest BCUT2D eigenvalue weighted by atomic mass is 32.2. The van der Waals surface area contributed by atoms with Gasteiger partial charge in [0.2, 0.25) is 11.8 Å². The normalized spacial score (nSPS) is 23.9. The molecule has 2 rings (SSSR count). The largest absolute Gasteiger partial charge is 0.296 e. The summed E-state index contributed by atoms with van der Waals surface area (Å²) in [7, 11) is 0. The summed E-state index contributed by atoms with van der Waals surface area (Å²) >= 11 is 1.69. The third kappa shape index (κ3) is 2.58. The third-order valence-electron chi connectivity index (χ3n) is 3.47. The smallest absolute Gasteiger partial charge is 0.230 e. The number of carbonyl (C=O) groups excluding carboxylic acids is 2. The predicted molar refractivity (Wildman–Crippen MR) is 72.5 cm³/mol. The molecular weight excluding hydrogens is 246 g/mol. The zero-order valence-electron chi connectivity index (χ0n) is 10.6. The fourth-order valence-corrected chi connectivity index (χ4v) is 2.89. The molecule has 0 bridgehead atoms. The van der Waals surface area contributed by atoms with Crippen molar-refractivity contribution in [2.75, 3.05) is 6.26 Å². The van der Waals surface area contributed by atoms with Gasteiger partial charge in [-0.1, -0.05) is 19.1 Å². The molecule has 4 heteroatoms. The van der Waals surface area contributed by atoms with Crippen LogP contribution in [0.4, 0.5) is 0 Å². The summed E-state index contributed by atoms with van der Waals surface area (Å²) < 4.78 is 0. The zero-order valence-corrected chi connectivity index (χ0v) is 11.4. The number of carbonyl (C=O) groups is 2. The van der Waals surface area contributed by atoms with Crippen LogP contribution in [0.1, 0.15) is 31.2 Å². The molecule has 0 aliphatic carbocycles. The van der Waals surface area contributed by atoms with Crippen LogP contribution < -0.4 is 5.32 Å². The van der Waals surface area contributed by atoms with Crippen molar-refractivity contribution in [3.05, 3.63) is 29.8 Å². The summed E-state index contributed by atoms with van der Waals surface area (Å²) in [6.07, 6.45) is 3.19. The van der Waals surface area contributed by atoms with Gasteiger partial charge in [0, 0.05) is 23.2 Å². The van der Waals surface area contributed by atoms with Crippen LogP contribution >= 0.6 is 11.8 Å². The average molecular weight is 263 g/mol. The predicted octanol–water partition coefficient (Wildman–Crippen LogP) is 2.56. The van der Waals surface area contributed by atoms with Crippen LogP contribution in [0.5, 0.6) is 0 Å². The first-order valence-electron chi connectivity index (χ1n) is 6.13. The zero-order chi connectivity index (χ0) is 13.1. The van der Waals surface area contributed by atoms with Gasteiger partial charge in [-0.2, -0.15) is 0 Å². The monoisotopic (exact) mass is 263 g/mol. The van der Waals surface area contributed by atoms with Crippen molar-refractivity contribution >= 4 is 23.6 Å². The molecule has 3 nitrogen and oxygen atoms in total. The Bertz CT molecular complexity index is 455. The van der Waals surface area contributed by atoms with Crippen molar-refractivity contribution in [3.8, 4) is 0 Å². The van der Waals surface area contributed by atoms with Gasteiger partial charge in [-0.3, -0.25) is 14.9 Å². The van der Waals surface area contributed by atoms with E-state index in [1.165, 1.54) is 4.90 Å². The highest BCUT2D eigenvalue weighted by molar-refractivity contribution is 7.98. The molecule has 1 aliphatic heterocycles. The first-order valence-corrected chi connectivity index (χ1v) is 7.35. The fourth-order valence-electron chi connectivity index (χ4n) is 2.48. The number of amides is 2. The molecule has 2 unspecified atom stereocenters. The first-order chi connectivity index (χ1) is 8.65. The molecule has 18 heavy (non-hydrogen) atoms. The van der Waals surface area contributed by atoms with Crippen molar-refractivity contribution in [1.82, 2.24) is 5.32 Å². The summed E-state index contributed by atoms with van der Waals surface area (Å²) in [4.78, 5) is 24.5. The molecule has 1 N–H and O–H groups in total. The molecule has 1 saturated heterocycles. The molecule has 1 heterocycles. The molecule has 2 atom stereocenters. The van der Waals surface area contributed by atoms with E-state index < -0.39 is 0 Å². The van der Waals surface area contributed by atoms with Crippen molar-refractivity contribution in [2.24, 2.45) is 5.92 Å². The van der Waals surface area contributed by atoms with Crippen molar-refractivity contribution < 1.29 is 9.59 Å². The van der Waals surface area contributed by atoms with E-state index in [0.29, 0.717) is 6.42 Å². The van der Waals surface area contributed by atoms with Gasteiger partial charge in [-0.05, 0) is 30.4 Å². The van der Waals surface area contributed by atoms with E-state index >= 15 is 0 Å². The number of hydrogen-bond donors (Lipinski definition) is 1. The Morgan fingerprint density at radius 1 is 1.28 bits per heavy atom. The van der Waals surface area contributed by atoms with Crippen molar-refractivity contribution in [1.29, 1.82) is 0 Å². The van der Waals surface area contributed by atoms with Gasteiger partial charge in [0.15, 0.2) is 0 Å². The molecule has 1 aromatic rings. The van der Waals surface area contributed by atoms with Crippen molar-refractivity contribution in [2.45, 2.75) is 30.6 Å². The van der Waals surface area contributed by atoms with Crippen LogP contribution in [0.25, 0.3) is 0 Å². The molecule has 0 aromatic heterocycles. The lowest BCUT2D eigenvalue weighted by Crippen LogP contribution is -2.44. The maximum absolute atomic E-state index is 11.8. The third-order valence-corrected chi connectivity index (χ3v) is 4.22. The molecule has 0 saturated carbocycles. The standard InChI is InChI=1S/C14H17NO2S/c1-3-11-12(8-13(16)15-14(11)17)9-4-6-10(18-2)7-5-9/h4-7,11-12H,3,8H2,1-2H3,(H,15,16,17). The molecule has 2 amide bonds. The Kier molecular flexibility index (Phi) is 4.07. The minimum absolute atomic E-state index is 0.0205. The van der Waals surface area contributed by atoms with Crippen molar-refractivity contribution in [3.63, 3.8) is 0 Å². The van der Waals surface area contributed by atoms with E-state index in [-0.39, 0.29) is 23.7 Å². The molecule has 1 fully saturated rings. The summed E-state index contributed by atoms with van der Waals surface area (Å²) in [6.45, 7) is 1.99. The lowest BCUT2D eigenvalue weighted by Gasteiger charge is -2.29. The topological polar surface area (TPSA) is 46.2 Å². The average Bonchev–Trinajstić information content (AvgIpc) is 2.38. The van der Waals surface area contributed by atoms with E-state index in [4.69, 9.17) is 0 Å². The second-order valence-electron chi connectivity index (χ2n) is 4.51. The fraction of sp³-hybridized carbons (Fsp3) is 0.429.